The predicted octanol–water partition coefficient (Wildman–Crippen LogP) is 1.95. The molecule has 0 saturated carbocycles. The monoisotopic (exact) mass is 315 g/mol. The first-order chi connectivity index (χ1) is 9.85. The standard InChI is InChI=1S/C15H25NO6/c1-10(2)11(17)20-8-9-21-12(18)15(6,7)16-13(19)22-14(3,4)5/h1,8-9H2,2-7H3,(H,16,19). The molecule has 0 aliphatic heterocycles. The molecule has 7 nitrogen and oxygen atoms in total. The van der Waals surface area contributed by atoms with E-state index in [1.54, 1.807) is 20.8 Å². The van der Waals surface area contributed by atoms with Crippen LogP contribution in [0.3, 0.4) is 0 Å². The summed E-state index contributed by atoms with van der Waals surface area (Å²) < 4.78 is 14.8. The molecule has 0 heterocycles. The highest BCUT2D eigenvalue weighted by molar-refractivity contribution is 5.87. The van der Waals surface area contributed by atoms with Crippen molar-refractivity contribution in [2.45, 2.75) is 52.7 Å². The van der Waals surface area contributed by atoms with Crippen molar-refractivity contribution < 1.29 is 28.6 Å². The second-order valence-corrected chi connectivity index (χ2v) is 6.30. The molecule has 0 aliphatic carbocycles. The molecular formula is C15H25NO6. The second-order valence-electron chi connectivity index (χ2n) is 6.30. The van der Waals surface area contributed by atoms with Gasteiger partial charge in [0.15, 0.2) is 0 Å². The molecule has 0 radical (unpaired) electrons. The van der Waals surface area contributed by atoms with Crippen LogP contribution in [0.5, 0.6) is 0 Å². The zero-order chi connectivity index (χ0) is 17.6. The van der Waals surface area contributed by atoms with Crippen molar-refractivity contribution >= 4 is 18.0 Å². The Labute approximate surface area is 131 Å². The van der Waals surface area contributed by atoms with Gasteiger partial charge in [-0.15, -0.1) is 0 Å². The second kappa shape index (κ2) is 7.82. The van der Waals surface area contributed by atoms with Crippen LogP contribution in [0.25, 0.3) is 0 Å². The number of esters is 2. The Morgan fingerprint density at radius 2 is 1.50 bits per heavy atom. The molecule has 126 valence electrons. The van der Waals surface area contributed by atoms with E-state index >= 15 is 0 Å². The minimum absolute atomic E-state index is 0.0834. The molecule has 0 unspecified atom stereocenters. The fourth-order valence-electron chi connectivity index (χ4n) is 1.18. The van der Waals surface area contributed by atoms with Gasteiger partial charge in [-0.1, -0.05) is 6.58 Å². The van der Waals surface area contributed by atoms with E-state index in [4.69, 9.17) is 14.2 Å². The lowest BCUT2D eigenvalue weighted by molar-refractivity contribution is -0.154. The molecule has 0 fully saturated rings. The fourth-order valence-corrected chi connectivity index (χ4v) is 1.18. The topological polar surface area (TPSA) is 90.9 Å². The van der Waals surface area contributed by atoms with E-state index in [-0.39, 0.29) is 18.8 Å². The first-order valence-corrected chi connectivity index (χ1v) is 6.86. The lowest BCUT2D eigenvalue weighted by atomic mass is 10.1. The minimum atomic E-state index is -1.26. The number of ether oxygens (including phenoxy) is 3. The Hall–Kier alpha value is -2.05. The number of carbonyl (C=O) groups excluding carboxylic acids is 3. The van der Waals surface area contributed by atoms with E-state index in [0.717, 1.165) is 0 Å². The van der Waals surface area contributed by atoms with Gasteiger partial charge in [0.25, 0.3) is 0 Å². The Kier molecular flexibility index (Phi) is 7.09. The van der Waals surface area contributed by atoms with Crippen molar-refractivity contribution in [1.29, 1.82) is 0 Å². The van der Waals surface area contributed by atoms with Crippen LogP contribution < -0.4 is 5.32 Å². The Balaban J connectivity index is 4.25. The van der Waals surface area contributed by atoms with E-state index < -0.39 is 29.2 Å². The summed E-state index contributed by atoms with van der Waals surface area (Å²) in [4.78, 5) is 34.7. The van der Waals surface area contributed by atoms with Gasteiger partial charge in [-0.25, -0.2) is 14.4 Å². The number of hydrogen-bond acceptors (Lipinski definition) is 6. The van der Waals surface area contributed by atoms with Crippen LogP contribution in [0, 0.1) is 0 Å². The van der Waals surface area contributed by atoms with Crippen LogP contribution in [0.15, 0.2) is 12.2 Å². The number of amides is 1. The average molecular weight is 315 g/mol. The van der Waals surface area contributed by atoms with Gasteiger partial charge in [0.1, 0.15) is 24.4 Å². The predicted molar refractivity (Wildman–Crippen MR) is 80.2 cm³/mol. The number of rotatable bonds is 6. The van der Waals surface area contributed by atoms with Crippen LogP contribution in [0.4, 0.5) is 4.79 Å². The van der Waals surface area contributed by atoms with Crippen LogP contribution in [0.1, 0.15) is 41.5 Å². The molecule has 0 aliphatic rings. The highest BCUT2D eigenvalue weighted by Gasteiger charge is 2.33. The first-order valence-electron chi connectivity index (χ1n) is 6.86. The summed E-state index contributed by atoms with van der Waals surface area (Å²) in [5.41, 5.74) is -1.67. The van der Waals surface area contributed by atoms with Crippen molar-refractivity contribution in [1.82, 2.24) is 5.32 Å². The summed E-state index contributed by atoms with van der Waals surface area (Å²) in [6.45, 7) is 12.9. The van der Waals surface area contributed by atoms with Crippen molar-refractivity contribution in [3.63, 3.8) is 0 Å². The van der Waals surface area contributed by atoms with Gasteiger partial charge in [-0.05, 0) is 41.5 Å². The van der Waals surface area contributed by atoms with Crippen LogP contribution in [-0.2, 0) is 23.8 Å². The fraction of sp³-hybridized carbons (Fsp3) is 0.667. The molecule has 0 aromatic carbocycles. The molecule has 0 saturated heterocycles. The Morgan fingerprint density at radius 3 is 1.95 bits per heavy atom. The van der Waals surface area contributed by atoms with Gasteiger partial charge in [0.05, 0.1) is 0 Å². The van der Waals surface area contributed by atoms with E-state index in [2.05, 4.69) is 11.9 Å². The van der Waals surface area contributed by atoms with Gasteiger partial charge in [-0.2, -0.15) is 0 Å². The normalized spacial score (nSPS) is 11.4. The SMILES string of the molecule is C=C(C)C(=O)OCCOC(=O)C(C)(C)NC(=O)OC(C)(C)C. The number of carbonyl (C=O) groups is 3. The maximum atomic E-state index is 11.9. The molecule has 0 aromatic heterocycles. The minimum Gasteiger partial charge on any atom is -0.460 e. The molecule has 0 spiro atoms. The lowest BCUT2D eigenvalue weighted by Gasteiger charge is -2.26. The number of hydrogen-bond donors (Lipinski definition) is 1. The molecule has 1 amide bonds. The smallest absolute Gasteiger partial charge is 0.408 e. The Morgan fingerprint density at radius 1 is 1.00 bits per heavy atom. The molecule has 7 heteroatoms. The summed E-state index contributed by atoms with van der Waals surface area (Å²) in [7, 11) is 0. The van der Waals surface area contributed by atoms with Crippen LogP contribution in [0.2, 0.25) is 0 Å². The largest absolute Gasteiger partial charge is 0.460 e. The van der Waals surface area contributed by atoms with Crippen molar-refractivity contribution in [3.05, 3.63) is 12.2 Å². The molecule has 0 rings (SSSR count). The third kappa shape index (κ3) is 8.28. The molecule has 1 N–H and O–H groups in total. The number of nitrogens with one attached hydrogen (secondary N) is 1. The van der Waals surface area contributed by atoms with Crippen molar-refractivity contribution in [2.75, 3.05) is 13.2 Å². The molecule has 0 atom stereocenters. The Bertz CT molecular complexity index is 447. The average Bonchev–Trinajstić information content (AvgIpc) is 2.30. The maximum Gasteiger partial charge on any atom is 0.408 e. The summed E-state index contributed by atoms with van der Waals surface area (Å²) in [5.74, 6) is -1.22. The van der Waals surface area contributed by atoms with Crippen LogP contribution in [-0.4, -0.2) is 42.4 Å². The zero-order valence-electron chi connectivity index (χ0n) is 14.1. The van der Waals surface area contributed by atoms with E-state index in [9.17, 15) is 14.4 Å². The van der Waals surface area contributed by atoms with Crippen molar-refractivity contribution in [3.8, 4) is 0 Å². The maximum absolute atomic E-state index is 11.9. The number of alkyl carbamates (subject to hydrolysis) is 1. The highest BCUT2D eigenvalue weighted by atomic mass is 16.6. The summed E-state index contributed by atoms with van der Waals surface area (Å²) in [5, 5.41) is 2.42. The summed E-state index contributed by atoms with van der Waals surface area (Å²) in [6, 6.07) is 0. The molecule has 0 aromatic rings. The summed E-state index contributed by atoms with van der Waals surface area (Å²) in [6.07, 6.45) is -0.719. The lowest BCUT2D eigenvalue weighted by Crippen LogP contribution is -2.52. The van der Waals surface area contributed by atoms with E-state index in [1.807, 2.05) is 0 Å². The quantitative estimate of drug-likeness (QED) is 0.349. The molecular weight excluding hydrogens is 290 g/mol. The van der Waals surface area contributed by atoms with Gasteiger partial charge >= 0.3 is 18.0 Å². The molecule has 0 bridgehead atoms. The van der Waals surface area contributed by atoms with Gasteiger partial charge < -0.3 is 19.5 Å². The van der Waals surface area contributed by atoms with Gasteiger partial charge in [0.2, 0.25) is 0 Å². The van der Waals surface area contributed by atoms with E-state index in [0.29, 0.717) is 0 Å². The van der Waals surface area contributed by atoms with Crippen molar-refractivity contribution in [2.24, 2.45) is 0 Å². The summed E-state index contributed by atoms with van der Waals surface area (Å²) >= 11 is 0. The third-order valence-corrected chi connectivity index (χ3v) is 2.22. The first kappa shape index (κ1) is 19.9. The van der Waals surface area contributed by atoms with E-state index in [1.165, 1.54) is 20.8 Å². The third-order valence-electron chi connectivity index (χ3n) is 2.22. The highest BCUT2D eigenvalue weighted by Crippen LogP contribution is 2.10. The van der Waals surface area contributed by atoms with Gasteiger partial charge in [-0.3, -0.25) is 0 Å². The zero-order valence-corrected chi connectivity index (χ0v) is 14.1. The molecule has 22 heavy (non-hydrogen) atoms. The van der Waals surface area contributed by atoms with Crippen LogP contribution >= 0.6 is 0 Å². The van der Waals surface area contributed by atoms with Gasteiger partial charge in [0, 0.05) is 5.57 Å².